The first-order valence-electron chi connectivity index (χ1n) is 5.99. The highest BCUT2D eigenvalue weighted by Crippen LogP contribution is 2.12. The maximum Gasteiger partial charge on any atom is 0.328 e. The van der Waals surface area contributed by atoms with Crippen LogP contribution in [0.4, 0.5) is 4.39 Å². The third kappa shape index (κ3) is 5.62. The van der Waals surface area contributed by atoms with Gasteiger partial charge in [-0.15, -0.1) is 0 Å². The number of hydrogen-bond donors (Lipinski definition) is 2. The van der Waals surface area contributed by atoms with Crippen LogP contribution in [-0.4, -0.2) is 42.5 Å². The maximum atomic E-state index is 13.6. The second kappa shape index (κ2) is 7.40. The van der Waals surface area contributed by atoms with Gasteiger partial charge in [-0.05, 0) is 37.9 Å². The van der Waals surface area contributed by atoms with E-state index in [4.69, 9.17) is 5.11 Å². The summed E-state index contributed by atoms with van der Waals surface area (Å²) < 4.78 is 13.6. The fourth-order valence-corrected chi connectivity index (χ4v) is 1.54. The van der Waals surface area contributed by atoms with Crippen molar-refractivity contribution in [1.29, 1.82) is 0 Å². The molecule has 0 radical (unpaired) electrons. The van der Waals surface area contributed by atoms with Crippen molar-refractivity contribution in [3.8, 4) is 0 Å². The van der Waals surface area contributed by atoms with Gasteiger partial charge in [0.1, 0.15) is 5.82 Å². The fourth-order valence-electron chi connectivity index (χ4n) is 1.54. The Kier molecular flexibility index (Phi) is 5.86. The van der Waals surface area contributed by atoms with Crippen molar-refractivity contribution in [3.63, 3.8) is 0 Å². The van der Waals surface area contributed by atoms with Crippen LogP contribution in [0.25, 0.3) is 6.08 Å². The van der Waals surface area contributed by atoms with Crippen LogP contribution in [-0.2, 0) is 16.1 Å². The van der Waals surface area contributed by atoms with Gasteiger partial charge in [0.25, 0.3) is 0 Å². The van der Waals surface area contributed by atoms with Gasteiger partial charge in [-0.25, -0.2) is 9.18 Å². The van der Waals surface area contributed by atoms with E-state index in [2.05, 4.69) is 5.32 Å². The van der Waals surface area contributed by atoms with Crippen LogP contribution in [0, 0.1) is 5.82 Å². The topological polar surface area (TPSA) is 69.6 Å². The SMILES string of the molecule is CN(C)CC(=O)NCc1cc(/C=C/C(=O)O)ccc1F. The summed E-state index contributed by atoms with van der Waals surface area (Å²) in [6, 6.07) is 4.22. The van der Waals surface area contributed by atoms with Crippen LogP contribution in [0.15, 0.2) is 24.3 Å². The number of carboxylic acid groups (broad SMARTS) is 1. The Labute approximate surface area is 116 Å². The highest BCUT2D eigenvalue weighted by molar-refractivity contribution is 5.85. The predicted molar refractivity (Wildman–Crippen MR) is 73.5 cm³/mol. The molecular formula is C14H17FN2O3. The molecule has 1 amide bonds. The standard InChI is InChI=1S/C14H17FN2O3/c1-17(2)9-13(18)16-8-11-7-10(3-5-12(11)15)4-6-14(19)20/h3-7H,8-9H2,1-2H3,(H,16,18)(H,19,20)/b6-4+. The molecule has 1 aromatic carbocycles. The van der Waals surface area contributed by atoms with E-state index >= 15 is 0 Å². The number of halogens is 1. The Morgan fingerprint density at radius 2 is 2.10 bits per heavy atom. The van der Waals surface area contributed by atoms with Crippen molar-refractivity contribution >= 4 is 18.0 Å². The van der Waals surface area contributed by atoms with E-state index in [9.17, 15) is 14.0 Å². The van der Waals surface area contributed by atoms with Crippen molar-refractivity contribution in [2.45, 2.75) is 6.54 Å². The number of nitrogens with zero attached hydrogens (tertiary/aromatic N) is 1. The molecule has 5 nitrogen and oxygen atoms in total. The summed E-state index contributed by atoms with van der Waals surface area (Å²) in [5.74, 6) is -1.72. The predicted octanol–water partition coefficient (Wildman–Crippen LogP) is 1.10. The van der Waals surface area contributed by atoms with E-state index in [1.54, 1.807) is 19.0 Å². The molecule has 20 heavy (non-hydrogen) atoms. The minimum atomic E-state index is -1.07. The van der Waals surface area contributed by atoms with Gasteiger partial charge in [0.05, 0.1) is 6.54 Å². The first-order valence-corrected chi connectivity index (χ1v) is 5.99. The van der Waals surface area contributed by atoms with Gasteiger partial charge < -0.3 is 15.3 Å². The van der Waals surface area contributed by atoms with Crippen molar-refractivity contribution in [1.82, 2.24) is 10.2 Å². The van der Waals surface area contributed by atoms with Crippen LogP contribution in [0.3, 0.4) is 0 Å². The molecule has 108 valence electrons. The van der Waals surface area contributed by atoms with E-state index in [1.165, 1.54) is 24.3 Å². The highest BCUT2D eigenvalue weighted by Gasteiger charge is 2.06. The number of hydrogen-bond acceptors (Lipinski definition) is 3. The Morgan fingerprint density at radius 3 is 2.70 bits per heavy atom. The van der Waals surface area contributed by atoms with Gasteiger partial charge >= 0.3 is 5.97 Å². The van der Waals surface area contributed by atoms with E-state index < -0.39 is 11.8 Å². The molecule has 2 N–H and O–H groups in total. The molecule has 0 atom stereocenters. The Bertz CT molecular complexity index is 527. The zero-order chi connectivity index (χ0) is 15.1. The molecule has 0 aliphatic heterocycles. The summed E-state index contributed by atoms with van der Waals surface area (Å²) in [5.41, 5.74) is 0.871. The first kappa shape index (κ1) is 15.8. The summed E-state index contributed by atoms with van der Waals surface area (Å²) in [7, 11) is 3.52. The molecule has 0 saturated heterocycles. The van der Waals surface area contributed by atoms with Crippen LogP contribution in [0.2, 0.25) is 0 Å². The number of carbonyl (C=O) groups is 2. The molecule has 0 spiro atoms. The van der Waals surface area contributed by atoms with E-state index in [0.29, 0.717) is 11.1 Å². The number of aliphatic carboxylic acids is 1. The molecule has 0 aliphatic rings. The zero-order valence-electron chi connectivity index (χ0n) is 11.4. The van der Waals surface area contributed by atoms with Crippen molar-refractivity contribution in [3.05, 3.63) is 41.2 Å². The average Bonchev–Trinajstić information content (AvgIpc) is 2.35. The van der Waals surface area contributed by atoms with Crippen molar-refractivity contribution in [2.24, 2.45) is 0 Å². The highest BCUT2D eigenvalue weighted by atomic mass is 19.1. The molecule has 0 aliphatic carbocycles. The number of benzene rings is 1. The molecule has 1 aromatic rings. The molecular weight excluding hydrogens is 263 g/mol. The lowest BCUT2D eigenvalue weighted by molar-refractivity contribution is -0.131. The Morgan fingerprint density at radius 1 is 1.40 bits per heavy atom. The van der Waals surface area contributed by atoms with Gasteiger partial charge in [0, 0.05) is 18.2 Å². The number of amides is 1. The Hall–Kier alpha value is -2.21. The van der Waals surface area contributed by atoms with Gasteiger partial charge in [0.2, 0.25) is 5.91 Å². The monoisotopic (exact) mass is 280 g/mol. The van der Waals surface area contributed by atoms with Crippen molar-refractivity contribution in [2.75, 3.05) is 20.6 Å². The summed E-state index contributed by atoms with van der Waals surface area (Å²) in [6.45, 7) is 0.285. The summed E-state index contributed by atoms with van der Waals surface area (Å²) >= 11 is 0. The third-order valence-corrected chi connectivity index (χ3v) is 2.42. The summed E-state index contributed by atoms with van der Waals surface area (Å²) in [4.78, 5) is 23.6. The number of nitrogens with one attached hydrogen (secondary N) is 1. The summed E-state index contributed by atoms with van der Waals surface area (Å²) in [6.07, 6.45) is 2.34. The van der Waals surface area contributed by atoms with Gasteiger partial charge in [0.15, 0.2) is 0 Å². The van der Waals surface area contributed by atoms with Crippen LogP contribution >= 0.6 is 0 Å². The number of carboxylic acids is 1. The number of rotatable bonds is 6. The van der Waals surface area contributed by atoms with Crippen LogP contribution in [0.5, 0.6) is 0 Å². The molecule has 1 rings (SSSR count). The summed E-state index contributed by atoms with van der Waals surface area (Å²) in [5, 5.41) is 11.1. The molecule has 0 aromatic heterocycles. The van der Waals surface area contributed by atoms with E-state index in [0.717, 1.165) is 6.08 Å². The normalized spacial score (nSPS) is 11.0. The second-order valence-electron chi connectivity index (χ2n) is 4.54. The number of likely N-dealkylation sites (N-methyl/N-ethyl adjacent to an activating group) is 1. The maximum absolute atomic E-state index is 13.6. The minimum Gasteiger partial charge on any atom is -0.478 e. The smallest absolute Gasteiger partial charge is 0.328 e. The second-order valence-corrected chi connectivity index (χ2v) is 4.54. The molecule has 0 saturated carbocycles. The molecule has 0 bridgehead atoms. The van der Waals surface area contributed by atoms with E-state index in [1.807, 2.05) is 0 Å². The lowest BCUT2D eigenvalue weighted by Crippen LogP contribution is -2.33. The Balaban J connectivity index is 2.72. The average molecular weight is 280 g/mol. The van der Waals surface area contributed by atoms with E-state index in [-0.39, 0.29) is 19.0 Å². The third-order valence-electron chi connectivity index (χ3n) is 2.42. The zero-order valence-corrected chi connectivity index (χ0v) is 11.4. The largest absolute Gasteiger partial charge is 0.478 e. The van der Waals surface area contributed by atoms with Gasteiger partial charge in [-0.3, -0.25) is 4.79 Å². The van der Waals surface area contributed by atoms with Gasteiger partial charge in [-0.1, -0.05) is 6.07 Å². The lowest BCUT2D eigenvalue weighted by Gasteiger charge is -2.11. The molecule has 0 heterocycles. The molecule has 0 fully saturated rings. The number of carbonyl (C=O) groups excluding carboxylic acids is 1. The molecule has 6 heteroatoms. The van der Waals surface area contributed by atoms with Crippen LogP contribution < -0.4 is 5.32 Å². The van der Waals surface area contributed by atoms with Crippen LogP contribution in [0.1, 0.15) is 11.1 Å². The quantitative estimate of drug-likeness (QED) is 0.766. The fraction of sp³-hybridized carbons (Fsp3) is 0.286. The minimum absolute atomic E-state index is 0.0628. The molecule has 0 unspecified atom stereocenters. The van der Waals surface area contributed by atoms with Gasteiger partial charge in [-0.2, -0.15) is 0 Å². The lowest BCUT2D eigenvalue weighted by atomic mass is 10.1. The van der Waals surface area contributed by atoms with Crippen molar-refractivity contribution < 1.29 is 19.1 Å². The first-order chi connectivity index (χ1) is 9.38.